The largest absolute Gasteiger partial charge is 0.454 e. The lowest BCUT2D eigenvalue weighted by Gasteiger charge is -2.05. The summed E-state index contributed by atoms with van der Waals surface area (Å²) in [6.45, 7) is 1.95. The van der Waals surface area contributed by atoms with Gasteiger partial charge in [0.15, 0.2) is 17.1 Å². The number of anilines is 1. The van der Waals surface area contributed by atoms with Gasteiger partial charge in [-0.2, -0.15) is 5.26 Å². The molecule has 3 heterocycles. The highest BCUT2D eigenvalue weighted by molar-refractivity contribution is 5.82. The molecule has 1 aliphatic rings. The highest BCUT2D eigenvalue weighted by atomic mass is 16.7. The number of rotatable bonds is 2. The lowest BCUT2D eigenvalue weighted by atomic mass is 10.1. The number of imidazole rings is 1. The molecule has 0 radical (unpaired) electrons. The van der Waals surface area contributed by atoms with Gasteiger partial charge < -0.3 is 14.8 Å². The Morgan fingerprint density at radius 1 is 1.21 bits per heavy atom. The lowest BCUT2D eigenvalue weighted by molar-refractivity contribution is 0.174. The zero-order valence-electron chi connectivity index (χ0n) is 14.9. The molecule has 28 heavy (non-hydrogen) atoms. The summed E-state index contributed by atoms with van der Waals surface area (Å²) in [6.07, 6.45) is 1.62. The summed E-state index contributed by atoms with van der Waals surface area (Å²) in [7, 11) is 0. The Bertz CT molecular complexity index is 1420. The Labute approximate surface area is 159 Å². The van der Waals surface area contributed by atoms with Crippen LogP contribution in [0.3, 0.4) is 0 Å². The SMILES string of the molecule is Cc1c(C#N)c2nc3ccccc3n2c(=O)/c1=C\Nc1ccc2c(c1)OCO2. The topological polar surface area (TPSA) is 88.7 Å². The summed E-state index contributed by atoms with van der Waals surface area (Å²) in [5.74, 6) is 1.33. The molecule has 1 aliphatic heterocycles. The fourth-order valence-corrected chi connectivity index (χ4v) is 3.43. The van der Waals surface area contributed by atoms with Gasteiger partial charge in [0.2, 0.25) is 6.79 Å². The van der Waals surface area contributed by atoms with Crippen molar-refractivity contribution in [3.63, 3.8) is 0 Å². The number of para-hydroxylation sites is 2. The predicted octanol–water partition coefficient (Wildman–Crippen LogP) is 2.33. The van der Waals surface area contributed by atoms with Gasteiger partial charge in [0.1, 0.15) is 6.07 Å². The molecule has 0 bridgehead atoms. The van der Waals surface area contributed by atoms with E-state index in [0.717, 1.165) is 5.69 Å². The highest BCUT2D eigenvalue weighted by Gasteiger charge is 2.16. The predicted molar refractivity (Wildman–Crippen MR) is 104 cm³/mol. The summed E-state index contributed by atoms with van der Waals surface area (Å²) in [6, 6.07) is 15.0. The molecule has 0 atom stereocenters. The number of ether oxygens (including phenoxy) is 2. The summed E-state index contributed by atoms with van der Waals surface area (Å²) >= 11 is 0. The molecular weight excluding hydrogens is 356 g/mol. The van der Waals surface area contributed by atoms with Crippen LogP contribution < -0.4 is 25.6 Å². The molecule has 0 saturated heterocycles. The number of pyridine rings is 1. The number of nitrogens with zero attached hydrogens (tertiary/aromatic N) is 3. The number of hydrogen-bond acceptors (Lipinski definition) is 6. The molecule has 7 heteroatoms. The van der Waals surface area contributed by atoms with Gasteiger partial charge in [0.05, 0.1) is 21.8 Å². The van der Waals surface area contributed by atoms with Crippen LogP contribution in [0.5, 0.6) is 11.5 Å². The number of nitriles is 1. The maximum atomic E-state index is 13.2. The molecule has 0 spiro atoms. The molecule has 0 aliphatic carbocycles. The van der Waals surface area contributed by atoms with Crippen molar-refractivity contribution in [1.82, 2.24) is 9.38 Å². The van der Waals surface area contributed by atoms with E-state index in [9.17, 15) is 10.1 Å². The average molecular weight is 370 g/mol. The van der Waals surface area contributed by atoms with Crippen LogP contribution >= 0.6 is 0 Å². The standard InChI is InChI=1S/C21H14N4O3/c1-12-14(9-22)20-24-16-4-2-3-5-17(16)25(20)21(26)15(12)10-23-13-6-7-18-19(8-13)28-11-27-18/h2-8,10,23H,11H2,1H3/b15-10-. The second-order valence-corrected chi connectivity index (χ2v) is 6.45. The average Bonchev–Trinajstić information content (AvgIpc) is 3.32. The molecule has 0 fully saturated rings. The van der Waals surface area contributed by atoms with E-state index >= 15 is 0 Å². The fraction of sp³-hybridized carbons (Fsp3) is 0.0952. The molecule has 0 saturated carbocycles. The summed E-state index contributed by atoms with van der Waals surface area (Å²) < 4.78 is 12.2. The molecule has 2 aromatic carbocycles. The molecule has 1 N–H and O–H groups in total. The first-order valence-electron chi connectivity index (χ1n) is 8.67. The Balaban J connectivity index is 1.73. The van der Waals surface area contributed by atoms with Crippen LogP contribution in [0.2, 0.25) is 0 Å². The quantitative estimate of drug-likeness (QED) is 0.583. The van der Waals surface area contributed by atoms with Gasteiger partial charge in [-0.05, 0) is 36.8 Å². The van der Waals surface area contributed by atoms with Crippen LogP contribution in [0, 0.1) is 18.3 Å². The Morgan fingerprint density at radius 2 is 2.04 bits per heavy atom. The Hall–Kier alpha value is -4.05. The van der Waals surface area contributed by atoms with E-state index in [0.29, 0.717) is 44.5 Å². The first kappa shape index (κ1) is 16.1. The van der Waals surface area contributed by atoms with E-state index in [1.165, 1.54) is 4.40 Å². The lowest BCUT2D eigenvalue weighted by Crippen LogP contribution is -2.34. The normalized spacial score (nSPS) is 13.2. The minimum Gasteiger partial charge on any atom is -0.454 e. The van der Waals surface area contributed by atoms with Crippen molar-refractivity contribution in [3.8, 4) is 17.6 Å². The van der Waals surface area contributed by atoms with Crippen molar-refractivity contribution in [1.29, 1.82) is 5.26 Å². The minimum atomic E-state index is -0.228. The molecular formula is C21H14N4O3. The zero-order chi connectivity index (χ0) is 19.3. The van der Waals surface area contributed by atoms with E-state index < -0.39 is 0 Å². The summed E-state index contributed by atoms with van der Waals surface area (Å²) in [5, 5.41) is 13.2. The van der Waals surface area contributed by atoms with Gasteiger partial charge in [0.25, 0.3) is 5.56 Å². The van der Waals surface area contributed by atoms with Crippen molar-refractivity contribution in [3.05, 3.63) is 69.2 Å². The summed E-state index contributed by atoms with van der Waals surface area (Å²) in [5.41, 5.74) is 3.23. The first-order valence-corrected chi connectivity index (χ1v) is 8.67. The zero-order valence-corrected chi connectivity index (χ0v) is 14.9. The first-order chi connectivity index (χ1) is 13.7. The molecule has 4 aromatic rings. The fourth-order valence-electron chi connectivity index (χ4n) is 3.43. The van der Waals surface area contributed by atoms with Gasteiger partial charge in [-0.1, -0.05) is 12.1 Å². The highest BCUT2D eigenvalue weighted by Crippen LogP contribution is 2.34. The summed E-state index contributed by atoms with van der Waals surface area (Å²) in [4.78, 5) is 17.7. The molecule has 136 valence electrons. The molecule has 0 unspecified atom stereocenters. The Kier molecular flexibility index (Phi) is 3.46. The minimum absolute atomic E-state index is 0.197. The van der Waals surface area contributed by atoms with Gasteiger partial charge in [-0.25, -0.2) is 4.98 Å². The van der Waals surface area contributed by atoms with Gasteiger partial charge in [-0.15, -0.1) is 0 Å². The van der Waals surface area contributed by atoms with Crippen molar-refractivity contribution < 1.29 is 9.47 Å². The van der Waals surface area contributed by atoms with Crippen LogP contribution in [0.15, 0.2) is 47.3 Å². The van der Waals surface area contributed by atoms with Crippen LogP contribution in [-0.2, 0) is 0 Å². The van der Waals surface area contributed by atoms with Crippen LogP contribution in [0.25, 0.3) is 22.9 Å². The Morgan fingerprint density at radius 3 is 2.89 bits per heavy atom. The monoisotopic (exact) mass is 370 g/mol. The van der Waals surface area contributed by atoms with Crippen molar-refractivity contribution in [2.75, 3.05) is 12.1 Å². The third-order valence-electron chi connectivity index (χ3n) is 4.86. The third kappa shape index (κ3) is 2.28. The smallest absolute Gasteiger partial charge is 0.265 e. The number of aromatic nitrogens is 2. The number of benzene rings is 2. The van der Waals surface area contributed by atoms with Crippen molar-refractivity contribution in [2.24, 2.45) is 0 Å². The number of nitrogens with one attached hydrogen (secondary N) is 1. The maximum Gasteiger partial charge on any atom is 0.265 e. The second-order valence-electron chi connectivity index (χ2n) is 6.45. The van der Waals surface area contributed by atoms with E-state index in [2.05, 4.69) is 16.4 Å². The number of fused-ring (bicyclic) bond motifs is 4. The molecule has 0 amide bonds. The van der Waals surface area contributed by atoms with E-state index in [4.69, 9.17) is 9.47 Å². The van der Waals surface area contributed by atoms with Crippen LogP contribution in [-0.4, -0.2) is 16.2 Å². The molecule has 5 rings (SSSR count). The van der Waals surface area contributed by atoms with Crippen LogP contribution in [0.1, 0.15) is 11.1 Å². The van der Waals surface area contributed by atoms with Gasteiger partial charge >= 0.3 is 0 Å². The molecule has 7 nitrogen and oxygen atoms in total. The van der Waals surface area contributed by atoms with E-state index in [1.54, 1.807) is 25.3 Å². The van der Waals surface area contributed by atoms with E-state index in [1.807, 2.05) is 30.3 Å². The maximum absolute atomic E-state index is 13.2. The number of hydrogen-bond donors (Lipinski definition) is 1. The van der Waals surface area contributed by atoms with E-state index in [-0.39, 0.29) is 12.4 Å². The molecule has 2 aromatic heterocycles. The van der Waals surface area contributed by atoms with Crippen LogP contribution in [0.4, 0.5) is 5.69 Å². The van der Waals surface area contributed by atoms with Crippen molar-refractivity contribution >= 4 is 28.6 Å². The van der Waals surface area contributed by atoms with Crippen molar-refractivity contribution in [2.45, 2.75) is 6.92 Å². The third-order valence-corrected chi connectivity index (χ3v) is 4.86. The van der Waals surface area contributed by atoms with Gasteiger partial charge in [-0.3, -0.25) is 9.20 Å². The van der Waals surface area contributed by atoms with Gasteiger partial charge in [0, 0.05) is 18.0 Å². The second kappa shape index (κ2) is 5.99.